The maximum absolute atomic E-state index is 13.3. The zero-order chi connectivity index (χ0) is 24.8. The molecule has 3 aromatic rings. The Hall–Kier alpha value is -2.46. The summed E-state index contributed by atoms with van der Waals surface area (Å²) < 4.78 is 14.5. The molecule has 1 aliphatic rings. The molecular weight excluding hydrogens is 464 g/mol. The number of methoxy groups -OCH3 is 1. The summed E-state index contributed by atoms with van der Waals surface area (Å²) in [5.74, 6) is 0.261. The average Bonchev–Trinajstić information content (AvgIpc) is 3.16. The molecule has 0 radical (unpaired) electrons. The van der Waals surface area contributed by atoms with Crippen LogP contribution < -0.4 is 5.56 Å². The van der Waals surface area contributed by atoms with Gasteiger partial charge in [0.1, 0.15) is 0 Å². The normalized spacial score (nSPS) is 14.6. The maximum atomic E-state index is 13.3. The minimum Gasteiger partial charge on any atom is -0.383 e. The lowest BCUT2D eigenvalue weighted by Crippen LogP contribution is -2.37. The molecule has 8 nitrogen and oxygen atoms in total. The highest BCUT2D eigenvalue weighted by molar-refractivity contribution is 7.99. The number of ether oxygens (including phenoxy) is 2. The quantitative estimate of drug-likeness (QED) is 0.228. The molecule has 4 rings (SSSR count). The maximum Gasteiger partial charge on any atom is 0.262 e. The number of Topliss-reactive ketones (excluding diaryl/α,β-unsaturated/α-hetero) is 1. The van der Waals surface area contributed by atoms with E-state index in [9.17, 15) is 9.59 Å². The van der Waals surface area contributed by atoms with Gasteiger partial charge in [0.15, 0.2) is 10.9 Å². The predicted molar refractivity (Wildman–Crippen MR) is 139 cm³/mol. The van der Waals surface area contributed by atoms with Crippen LogP contribution in [0.15, 0.2) is 40.3 Å². The molecule has 3 heterocycles. The number of ketones is 1. The van der Waals surface area contributed by atoms with Crippen molar-refractivity contribution in [2.45, 2.75) is 38.5 Å². The molecule has 0 spiro atoms. The number of nitrogens with zero attached hydrogens (tertiary/aromatic N) is 4. The van der Waals surface area contributed by atoms with Crippen LogP contribution in [0.1, 0.15) is 28.2 Å². The highest BCUT2D eigenvalue weighted by Gasteiger charge is 2.19. The van der Waals surface area contributed by atoms with Gasteiger partial charge in [-0.3, -0.25) is 19.1 Å². The Morgan fingerprint density at radius 3 is 2.66 bits per heavy atom. The Balaban J connectivity index is 1.52. The number of para-hydroxylation sites is 1. The highest BCUT2D eigenvalue weighted by atomic mass is 32.2. The van der Waals surface area contributed by atoms with E-state index in [-0.39, 0.29) is 17.1 Å². The van der Waals surface area contributed by atoms with E-state index in [1.54, 1.807) is 11.7 Å². The summed E-state index contributed by atoms with van der Waals surface area (Å²) in [6, 6.07) is 9.35. The van der Waals surface area contributed by atoms with Gasteiger partial charge < -0.3 is 14.0 Å². The van der Waals surface area contributed by atoms with Crippen LogP contribution in [0.25, 0.3) is 10.9 Å². The number of carbonyl (C=O) groups excluding carboxylic acids is 1. The summed E-state index contributed by atoms with van der Waals surface area (Å²) in [5, 5.41) is 1.20. The second kappa shape index (κ2) is 12.0. The summed E-state index contributed by atoms with van der Waals surface area (Å²) in [6.07, 6.45) is 0.835. The molecule has 35 heavy (non-hydrogen) atoms. The number of morpholine rings is 1. The smallest absolute Gasteiger partial charge is 0.262 e. The standard InChI is InChI=1S/C26H34N4O4S/c1-19-17-22(20(2)29(19)13-14-33-3)24(31)18-35-26-27-23-8-5-4-7-21(23)25(32)30(26)10-6-9-28-11-15-34-16-12-28/h4-5,7-8,17H,6,9-16,18H2,1-3H3. The second-order valence-electron chi connectivity index (χ2n) is 8.82. The van der Waals surface area contributed by atoms with E-state index in [2.05, 4.69) is 9.47 Å². The van der Waals surface area contributed by atoms with Crippen LogP contribution in [-0.4, -0.2) is 77.1 Å². The largest absolute Gasteiger partial charge is 0.383 e. The molecule has 0 N–H and O–H groups in total. The van der Waals surface area contributed by atoms with Crippen molar-refractivity contribution < 1.29 is 14.3 Å². The van der Waals surface area contributed by atoms with Crippen molar-refractivity contribution in [2.75, 3.05) is 52.3 Å². The number of hydrogen-bond donors (Lipinski definition) is 0. The Labute approximate surface area is 210 Å². The number of thioether (sulfide) groups is 1. The fourth-order valence-electron chi connectivity index (χ4n) is 4.55. The first-order valence-electron chi connectivity index (χ1n) is 12.1. The van der Waals surface area contributed by atoms with Gasteiger partial charge in [0.05, 0.1) is 36.5 Å². The molecule has 0 amide bonds. The lowest BCUT2D eigenvalue weighted by Gasteiger charge is -2.26. The lowest BCUT2D eigenvalue weighted by molar-refractivity contribution is 0.0368. The van der Waals surface area contributed by atoms with Crippen molar-refractivity contribution in [2.24, 2.45) is 0 Å². The van der Waals surface area contributed by atoms with E-state index < -0.39 is 0 Å². The molecule has 0 aliphatic carbocycles. The van der Waals surface area contributed by atoms with Gasteiger partial charge in [0.2, 0.25) is 0 Å². The predicted octanol–water partition coefficient (Wildman–Crippen LogP) is 3.16. The zero-order valence-corrected chi connectivity index (χ0v) is 21.6. The van der Waals surface area contributed by atoms with Gasteiger partial charge in [-0.05, 0) is 38.5 Å². The number of hydrogen-bond acceptors (Lipinski definition) is 7. The Bertz CT molecular complexity index is 1230. The highest BCUT2D eigenvalue weighted by Crippen LogP contribution is 2.22. The first-order chi connectivity index (χ1) is 17.0. The monoisotopic (exact) mass is 498 g/mol. The summed E-state index contributed by atoms with van der Waals surface area (Å²) in [4.78, 5) is 33.6. The minimum atomic E-state index is -0.0507. The molecule has 9 heteroatoms. The van der Waals surface area contributed by atoms with Crippen molar-refractivity contribution in [3.05, 3.63) is 57.6 Å². The fourth-order valence-corrected chi connectivity index (χ4v) is 5.46. The van der Waals surface area contributed by atoms with Crippen molar-refractivity contribution in [1.29, 1.82) is 0 Å². The molecule has 0 saturated carbocycles. The van der Waals surface area contributed by atoms with Crippen LogP contribution in [0.4, 0.5) is 0 Å². The fraction of sp³-hybridized carbons (Fsp3) is 0.500. The minimum absolute atomic E-state index is 0.0361. The third-order valence-corrected chi connectivity index (χ3v) is 7.49. The molecule has 1 fully saturated rings. The summed E-state index contributed by atoms with van der Waals surface area (Å²) in [7, 11) is 1.67. The van der Waals surface area contributed by atoms with E-state index >= 15 is 0 Å². The molecule has 1 aliphatic heterocycles. The van der Waals surface area contributed by atoms with Gasteiger partial charge in [-0.25, -0.2) is 4.98 Å². The van der Waals surface area contributed by atoms with Crippen LogP contribution in [0.3, 0.4) is 0 Å². The molecule has 1 aromatic carbocycles. The van der Waals surface area contributed by atoms with E-state index in [1.165, 1.54) is 11.8 Å². The van der Waals surface area contributed by atoms with Crippen LogP contribution in [0.2, 0.25) is 0 Å². The SMILES string of the molecule is COCCn1c(C)cc(C(=O)CSc2nc3ccccc3c(=O)n2CCCN2CCOCC2)c1C. The average molecular weight is 499 g/mol. The third-order valence-electron chi connectivity index (χ3n) is 6.51. The number of aromatic nitrogens is 3. The molecule has 0 atom stereocenters. The number of fused-ring (bicyclic) bond motifs is 1. The molecule has 0 unspecified atom stereocenters. The van der Waals surface area contributed by atoms with Gasteiger partial charge in [-0.1, -0.05) is 23.9 Å². The van der Waals surface area contributed by atoms with Gasteiger partial charge in [0, 0.05) is 56.8 Å². The summed E-state index contributed by atoms with van der Waals surface area (Å²) in [6.45, 7) is 10.1. The van der Waals surface area contributed by atoms with Gasteiger partial charge in [-0.2, -0.15) is 0 Å². The third kappa shape index (κ3) is 6.03. The van der Waals surface area contributed by atoms with Gasteiger partial charge >= 0.3 is 0 Å². The molecule has 188 valence electrons. The van der Waals surface area contributed by atoms with Crippen LogP contribution in [0.5, 0.6) is 0 Å². The van der Waals surface area contributed by atoms with E-state index in [1.807, 2.05) is 44.2 Å². The topological polar surface area (TPSA) is 78.6 Å². The molecule has 2 aromatic heterocycles. The van der Waals surface area contributed by atoms with Crippen molar-refractivity contribution in [1.82, 2.24) is 19.0 Å². The molecule has 1 saturated heterocycles. The van der Waals surface area contributed by atoms with Crippen molar-refractivity contribution in [3.63, 3.8) is 0 Å². The molecule has 0 bridgehead atoms. The Morgan fingerprint density at radius 2 is 1.89 bits per heavy atom. The Kier molecular flexibility index (Phi) is 8.78. The first kappa shape index (κ1) is 25.6. The van der Waals surface area contributed by atoms with Crippen LogP contribution >= 0.6 is 11.8 Å². The summed E-state index contributed by atoms with van der Waals surface area (Å²) >= 11 is 1.34. The lowest BCUT2D eigenvalue weighted by atomic mass is 10.2. The number of benzene rings is 1. The zero-order valence-electron chi connectivity index (χ0n) is 20.8. The molecular formula is C26H34N4O4S. The first-order valence-corrected chi connectivity index (χ1v) is 13.1. The number of rotatable bonds is 11. The van der Waals surface area contributed by atoms with E-state index in [0.29, 0.717) is 41.3 Å². The van der Waals surface area contributed by atoms with Gasteiger partial charge in [-0.15, -0.1) is 0 Å². The van der Waals surface area contributed by atoms with Crippen LogP contribution in [-0.2, 0) is 22.6 Å². The number of aryl methyl sites for hydroxylation is 1. The second-order valence-corrected chi connectivity index (χ2v) is 9.76. The van der Waals surface area contributed by atoms with Crippen molar-refractivity contribution in [3.8, 4) is 0 Å². The van der Waals surface area contributed by atoms with E-state index in [4.69, 9.17) is 14.5 Å². The van der Waals surface area contributed by atoms with Crippen LogP contribution in [0, 0.1) is 13.8 Å². The Morgan fingerprint density at radius 1 is 1.11 bits per heavy atom. The van der Waals surface area contributed by atoms with E-state index in [0.717, 1.165) is 50.7 Å². The van der Waals surface area contributed by atoms with Gasteiger partial charge in [0.25, 0.3) is 5.56 Å². The van der Waals surface area contributed by atoms with Crippen molar-refractivity contribution >= 4 is 28.4 Å². The summed E-state index contributed by atoms with van der Waals surface area (Å²) in [5.41, 5.74) is 3.31. The number of carbonyl (C=O) groups is 1.